The minimum absolute atomic E-state index is 0.167. The Labute approximate surface area is 157 Å². The topological polar surface area (TPSA) is 85.5 Å². The third-order valence-corrected chi connectivity index (χ3v) is 6.10. The molecule has 10 heteroatoms. The number of anilines is 2. The van der Waals surface area contributed by atoms with Gasteiger partial charge in [-0.3, -0.25) is 0 Å². The Hall–Kier alpha value is -2.49. The molecule has 144 valence electrons. The molecule has 2 saturated heterocycles. The molecular weight excluding hydrogens is 381 g/mol. The van der Waals surface area contributed by atoms with Crippen LogP contribution in [0.2, 0.25) is 0 Å². The molecule has 0 radical (unpaired) electrons. The highest BCUT2D eigenvalue weighted by Crippen LogP contribution is 2.43. The molecule has 2 aliphatic heterocycles. The number of nitrogens with zero attached hydrogens (tertiary/aromatic N) is 3. The quantitative estimate of drug-likeness (QED) is 0.840. The zero-order valence-electron chi connectivity index (χ0n) is 14.1. The highest BCUT2D eigenvalue weighted by Gasteiger charge is 2.42. The zero-order chi connectivity index (χ0) is 19.3. The van der Waals surface area contributed by atoms with E-state index in [1.165, 1.54) is 22.3 Å². The van der Waals surface area contributed by atoms with Gasteiger partial charge in [-0.25, -0.2) is 4.98 Å². The number of fused-ring (bicyclic) bond motifs is 1. The number of aromatic nitrogens is 1. The third kappa shape index (κ3) is 3.18. The minimum Gasteiger partial charge on any atom is -0.530 e. The van der Waals surface area contributed by atoms with E-state index in [4.69, 9.17) is 5.73 Å². The van der Waals surface area contributed by atoms with Crippen LogP contribution in [0.5, 0.6) is 0 Å². The average molecular weight is 397 g/mol. The van der Waals surface area contributed by atoms with Crippen LogP contribution in [-0.2, 0) is 6.18 Å². The first kappa shape index (κ1) is 17.9. The van der Waals surface area contributed by atoms with Crippen LogP contribution in [0.25, 0.3) is 11.3 Å². The van der Waals surface area contributed by atoms with Crippen LogP contribution in [-0.4, -0.2) is 41.7 Å². The van der Waals surface area contributed by atoms with Gasteiger partial charge in [0.15, 0.2) is 5.13 Å². The number of carbonyl (C=O) groups excluding carboxylic acids is 1. The molecule has 1 aromatic carbocycles. The number of benzene rings is 1. The summed E-state index contributed by atoms with van der Waals surface area (Å²) in [6, 6.07) is 4.80. The average Bonchev–Trinajstić information content (AvgIpc) is 3.26. The number of nitrogens with two attached hydrogens (primary N) is 1. The van der Waals surface area contributed by atoms with Crippen molar-refractivity contribution in [2.24, 2.45) is 5.92 Å². The molecule has 1 aromatic heterocycles. The lowest BCUT2D eigenvalue weighted by atomic mass is 10.1. The van der Waals surface area contributed by atoms with Crippen LogP contribution < -0.4 is 15.7 Å². The maximum Gasteiger partial charge on any atom is 0.416 e. The molecule has 2 aromatic rings. The number of nitrogen functional groups attached to an aromatic ring is 1. The van der Waals surface area contributed by atoms with Crippen molar-refractivity contribution >= 4 is 27.6 Å². The van der Waals surface area contributed by atoms with Crippen LogP contribution in [0, 0.1) is 5.92 Å². The first-order valence-corrected chi connectivity index (χ1v) is 9.22. The van der Waals surface area contributed by atoms with E-state index in [1.54, 1.807) is 6.07 Å². The predicted octanol–water partition coefficient (Wildman–Crippen LogP) is 2.26. The molecule has 2 N–H and O–H groups in total. The molecule has 3 heterocycles. The Balaban J connectivity index is 1.66. The monoisotopic (exact) mass is 397 g/mol. The van der Waals surface area contributed by atoms with E-state index in [0.717, 1.165) is 18.6 Å². The lowest BCUT2D eigenvalue weighted by Gasteiger charge is -2.27. The number of rotatable bonds is 2. The predicted molar refractivity (Wildman–Crippen MR) is 93.2 cm³/mol. The molecule has 0 spiro atoms. The Morgan fingerprint density at radius 3 is 2.81 bits per heavy atom. The molecule has 6 nitrogen and oxygen atoms in total. The largest absolute Gasteiger partial charge is 0.530 e. The molecule has 2 aliphatic rings. The summed E-state index contributed by atoms with van der Waals surface area (Å²) in [6.45, 7) is 1.52. The van der Waals surface area contributed by atoms with Crippen LogP contribution in [0.4, 0.5) is 28.1 Å². The van der Waals surface area contributed by atoms with E-state index in [-0.39, 0.29) is 17.1 Å². The van der Waals surface area contributed by atoms with Crippen LogP contribution in [0.1, 0.15) is 12.0 Å². The molecule has 2 fully saturated rings. The highest BCUT2D eigenvalue weighted by atomic mass is 32.1. The van der Waals surface area contributed by atoms with Gasteiger partial charge in [-0.05, 0) is 18.6 Å². The fourth-order valence-electron chi connectivity index (χ4n) is 3.93. The number of halogens is 3. The molecule has 2 unspecified atom stereocenters. The van der Waals surface area contributed by atoms with Crippen LogP contribution in [0.3, 0.4) is 0 Å². The Kier molecular flexibility index (Phi) is 4.17. The summed E-state index contributed by atoms with van der Waals surface area (Å²) in [5.74, 6) is 0.167. The molecular formula is C17H16F3N4O2S-. The molecule has 0 bridgehead atoms. The van der Waals surface area contributed by atoms with E-state index in [9.17, 15) is 23.1 Å². The third-order valence-electron chi connectivity index (χ3n) is 5.16. The van der Waals surface area contributed by atoms with Crippen molar-refractivity contribution in [1.82, 2.24) is 9.88 Å². The molecule has 2 atom stereocenters. The number of alkyl halides is 3. The fraction of sp³-hybridized carbons (Fsp3) is 0.412. The van der Waals surface area contributed by atoms with Crippen molar-refractivity contribution in [1.29, 1.82) is 0 Å². The van der Waals surface area contributed by atoms with Gasteiger partial charge in [0, 0.05) is 31.1 Å². The lowest BCUT2D eigenvalue weighted by molar-refractivity contribution is -0.266. The summed E-state index contributed by atoms with van der Waals surface area (Å²) in [5.41, 5.74) is 5.82. The standard InChI is InChI=1S/C17H17F3N4O2S/c18-17(19,20)11-3-1-2-9(6-11)13-14(27-15(21)22-13)23-7-10-4-5-24(16(25)26)12(10)8-23/h1-3,6,10,12H,4-5,7-8H2,(H2,21,22)(H,25,26)/p-1. The first-order chi connectivity index (χ1) is 12.7. The van der Waals surface area contributed by atoms with Gasteiger partial charge in [-0.1, -0.05) is 23.5 Å². The number of carboxylic acid groups (broad SMARTS) is 1. The number of thiazole rings is 1. The Morgan fingerprint density at radius 2 is 2.11 bits per heavy atom. The van der Waals surface area contributed by atoms with Gasteiger partial charge in [0.2, 0.25) is 0 Å². The molecule has 0 saturated carbocycles. The van der Waals surface area contributed by atoms with Crippen molar-refractivity contribution in [3.63, 3.8) is 0 Å². The minimum atomic E-state index is -4.45. The van der Waals surface area contributed by atoms with E-state index >= 15 is 0 Å². The second-order valence-corrected chi connectivity index (χ2v) is 7.77. The van der Waals surface area contributed by atoms with Gasteiger partial charge in [0.25, 0.3) is 0 Å². The van der Waals surface area contributed by atoms with Gasteiger partial charge in [0.1, 0.15) is 16.8 Å². The van der Waals surface area contributed by atoms with Gasteiger partial charge >= 0.3 is 6.18 Å². The van der Waals surface area contributed by atoms with Gasteiger partial charge in [0.05, 0.1) is 11.6 Å². The summed E-state index contributed by atoms with van der Waals surface area (Å²) in [7, 11) is 0. The van der Waals surface area contributed by atoms with Crippen molar-refractivity contribution in [2.75, 3.05) is 30.3 Å². The van der Waals surface area contributed by atoms with E-state index in [1.807, 2.05) is 4.90 Å². The van der Waals surface area contributed by atoms with Crippen molar-refractivity contribution in [3.05, 3.63) is 29.8 Å². The van der Waals surface area contributed by atoms with E-state index in [0.29, 0.717) is 35.9 Å². The summed E-state index contributed by atoms with van der Waals surface area (Å²) >= 11 is 1.20. The highest BCUT2D eigenvalue weighted by molar-refractivity contribution is 7.19. The second-order valence-electron chi connectivity index (χ2n) is 6.76. The summed E-state index contributed by atoms with van der Waals surface area (Å²) in [4.78, 5) is 18.8. The smallest absolute Gasteiger partial charge is 0.416 e. The lowest BCUT2D eigenvalue weighted by Crippen LogP contribution is -2.46. The number of likely N-dealkylation sites (tertiary alicyclic amines) is 1. The van der Waals surface area contributed by atoms with Crippen molar-refractivity contribution in [3.8, 4) is 11.3 Å². The van der Waals surface area contributed by atoms with E-state index < -0.39 is 17.8 Å². The molecule has 27 heavy (non-hydrogen) atoms. The number of amides is 1. The Morgan fingerprint density at radius 1 is 1.33 bits per heavy atom. The second kappa shape index (κ2) is 6.29. The maximum atomic E-state index is 13.0. The normalized spacial score (nSPS) is 22.3. The molecule has 0 aliphatic carbocycles. The van der Waals surface area contributed by atoms with Crippen LogP contribution in [0.15, 0.2) is 24.3 Å². The number of hydrogen-bond acceptors (Lipinski definition) is 6. The van der Waals surface area contributed by atoms with Gasteiger partial charge in [-0.15, -0.1) is 0 Å². The molecule has 1 amide bonds. The first-order valence-electron chi connectivity index (χ1n) is 8.40. The summed E-state index contributed by atoms with van der Waals surface area (Å²) in [5, 5.41) is 12.2. The summed E-state index contributed by atoms with van der Waals surface area (Å²) < 4.78 is 39.1. The van der Waals surface area contributed by atoms with Crippen LogP contribution >= 0.6 is 11.3 Å². The van der Waals surface area contributed by atoms with Crippen molar-refractivity contribution < 1.29 is 23.1 Å². The SMILES string of the molecule is Nc1nc(-c2cccc(C(F)(F)F)c2)c(N2CC3CCN(C(=O)[O-])C3C2)s1. The number of carbonyl (C=O) groups is 1. The maximum absolute atomic E-state index is 13.0. The molecule has 4 rings (SSSR count). The Bertz CT molecular complexity index is 885. The fourth-order valence-corrected chi connectivity index (χ4v) is 4.80. The zero-order valence-corrected chi connectivity index (χ0v) is 14.9. The number of hydrogen-bond donors (Lipinski definition) is 1. The van der Waals surface area contributed by atoms with Gasteiger partial charge in [-0.2, -0.15) is 13.2 Å². The van der Waals surface area contributed by atoms with Gasteiger partial charge < -0.3 is 25.4 Å². The van der Waals surface area contributed by atoms with E-state index in [2.05, 4.69) is 4.98 Å². The summed E-state index contributed by atoms with van der Waals surface area (Å²) in [6.07, 6.45) is -4.90. The van der Waals surface area contributed by atoms with Crippen molar-refractivity contribution in [2.45, 2.75) is 18.6 Å².